The molecule has 0 saturated carbocycles. The molecule has 0 aliphatic rings. The van der Waals surface area contributed by atoms with Crippen LogP contribution in [-0.2, 0) is 24.9 Å². The van der Waals surface area contributed by atoms with Crippen LogP contribution in [-0.4, -0.2) is 15.9 Å². The quantitative estimate of drug-likeness (QED) is 0.0849. The number of allylic oxidation sites excluding steroid dienone is 2. The summed E-state index contributed by atoms with van der Waals surface area (Å²) in [7, 11) is 0. The smallest absolute Gasteiger partial charge is 0.217 e. The molecule has 221 valence electrons. The molecule has 4 aromatic rings. The Bertz CT molecular complexity index is 1520. The molecule has 4 rings (SSSR count). The number of aliphatic hydroxyl groups is 1. The Balaban J connectivity index is 0.000000320. The van der Waals surface area contributed by atoms with Gasteiger partial charge in [0.15, 0.2) is 5.78 Å². The van der Waals surface area contributed by atoms with Crippen molar-refractivity contribution in [1.82, 2.24) is 4.98 Å². The van der Waals surface area contributed by atoms with E-state index in [1.54, 1.807) is 0 Å². The molecule has 4 nitrogen and oxygen atoms in total. The monoisotopic (exact) mass is 731 g/mol. The first kappa shape index (κ1) is 34.2. The molecule has 0 fully saturated rings. The fraction of sp³-hybridized carbons (Fsp3) is 0.389. The summed E-state index contributed by atoms with van der Waals surface area (Å²) in [4.78, 5) is 16.3. The number of pyridine rings is 1. The number of fused-ring (bicyclic) bond motifs is 2. The largest absolute Gasteiger partial charge is 0.512 e. The van der Waals surface area contributed by atoms with Gasteiger partial charge in [0, 0.05) is 60.4 Å². The number of ether oxygens (including phenoxy) is 1. The molecular weight excluding hydrogens is 687 g/mol. The summed E-state index contributed by atoms with van der Waals surface area (Å²) in [6, 6.07) is 22.2. The van der Waals surface area contributed by atoms with Crippen LogP contribution in [0.3, 0.4) is 0 Å². The summed E-state index contributed by atoms with van der Waals surface area (Å²) in [5.41, 5.74) is 1.64. The molecule has 0 bridgehead atoms. The van der Waals surface area contributed by atoms with Gasteiger partial charge >= 0.3 is 0 Å². The van der Waals surface area contributed by atoms with Gasteiger partial charge in [-0.05, 0) is 47.1 Å². The number of aryl methyl sites for hydroxylation is 1. The van der Waals surface area contributed by atoms with E-state index < -0.39 is 0 Å². The zero-order valence-electron chi connectivity index (χ0n) is 25.9. The minimum absolute atomic E-state index is 0. The van der Waals surface area contributed by atoms with Gasteiger partial charge in [-0.3, -0.25) is 4.79 Å². The van der Waals surface area contributed by atoms with Gasteiger partial charge in [0.05, 0.1) is 0 Å². The number of aromatic nitrogens is 1. The topological polar surface area (TPSA) is 59.4 Å². The van der Waals surface area contributed by atoms with Gasteiger partial charge in [0.25, 0.3) is 0 Å². The van der Waals surface area contributed by atoms with E-state index in [2.05, 4.69) is 67.4 Å². The maximum atomic E-state index is 11.8. The predicted molar refractivity (Wildman–Crippen MR) is 167 cm³/mol. The van der Waals surface area contributed by atoms with Crippen LogP contribution in [0.4, 0.5) is 0 Å². The molecule has 1 N–H and O–H groups in total. The number of benzene rings is 3. The van der Waals surface area contributed by atoms with Crippen molar-refractivity contribution >= 4 is 27.3 Å². The molecule has 5 heteroatoms. The van der Waals surface area contributed by atoms with E-state index in [1.165, 1.54) is 22.4 Å². The molecule has 0 atom stereocenters. The van der Waals surface area contributed by atoms with Crippen LogP contribution in [0.25, 0.3) is 21.5 Å². The van der Waals surface area contributed by atoms with Crippen LogP contribution >= 0.6 is 0 Å². The van der Waals surface area contributed by atoms with Crippen molar-refractivity contribution in [3.8, 4) is 11.6 Å². The third kappa shape index (κ3) is 8.99. The summed E-state index contributed by atoms with van der Waals surface area (Å²) >= 11 is 0. The minimum Gasteiger partial charge on any atom is -0.512 e. The van der Waals surface area contributed by atoms with Gasteiger partial charge in [-0.15, -0.1) is 12.1 Å². The van der Waals surface area contributed by atoms with Crippen molar-refractivity contribution in [2.75, 3.05) is 0 Å². The molecule has 0 aliphatic carbocycles. The summed E-state index contributed by atoms with van der Waals surface area (Å²) in [6.45, 7) is 18.0. The summed E-state index contributed by atoms with van der Waals surface area (Å²) < 4.78 is 6.00. The number of carbonyl (C=O) groups excluding carboxylic acids is 1. The van der Waals surface area contributed by atoms with Crippen molar-refractivity contribution in [2.45, 2.75) is 81.1 Å². The third-order valence-corrected chi connectivity index (χ3v) is 7.84. The van der Waals surface area contributed by atoms with Crippen LogP contribution < -0.4 is 4.74 Å². The molecule has 0 saturated heterocycles. The number of nitrogens with zero attached hydrogens (tertiary/aromatic N) is 1. The van der Waals surface area contributed by atoms with E-state index >= 15 is 0 Å². The fourth-order valence-corrected chi connectivity index (χ4v) is 3.95. The molecular formula is C36H44IrNO3-. The Morgan fingerprint density at radius 2 is 1.51 bits per heavy atom. The maximum absolute atomic E-state index is 11.8. The normalized spacial score (nSPS) is 12.1. The van der Waals surface area contributed by atoms with Crippen molar-refractivity contribution in [2.24, 2.45) is 10.8 Å². The maximum Gasteiger partial charge on any atom is 0.217 e. The van der Waals surface area contributed by atoms with Gasteiger partial charge in [0.1, 0.15) is 5.76 Å². The molecule has 0 unspecified atom stereocenters. The predicted octanol–water partition coefficient (Wildman–Crippen LogP) is 10.3. The first-order valence-corrected chi connectivity index (χ1v) is 14.2. The molecule has 1 aromatic heterocycles. The third-order valence-electron chi connectivity index (χ3n) is 7.84. The van der Waals surface area contributed by atoms with E-state index in [9.17, 15) is 9.90 Å². The number of hydrogen-bond donors (Lipinski definition) is 1. The minimum atomic E-state index is -0.377. The molecule has 0 amide bonds. The van der Waals surface area contributed by atoms with E-state index in [-0.39, 0.29) is 42.5 Å². The molecule has 41 heavy (non-hydrogen) atoms. The van der Waals surface area contributed by atoms with E-state index in [0.29, 0.717) is 11.8 Å². The molecule has 0 spiro atoms. The van der Waals surface area contributed by atoms with Crippen LogP contribution in [0.1, 0.15) is 85.3 Å². The second kappa shape index (κ2) is 14.2. The SMILES string of the molecule is CCC(C)(C)C(=O)/C=C(\O)C(C)(C)CC.Cc1[c-]c(Oc2cc3cc4ccccc4cc3cn2)cc(C(C)C)c1.[Ir]. The second-order valence-electron chi connectivity index (χ2n) is 12.2. The Kier molecular flexibility index (Phi) is 11.9. The van der Waals surface area contributed by atoms with E-state index in [0.717, 1.165) is 34.9 Å². The van der Waals surface area contributed by atoms with Crippen LogP contribution in [0.15, 0.2) is 72.6 Å². The van der Waals surface area contributed by atoms with Gasteiger partial charge < -0.3 is 9.84 Å². The fourth-order valence-electron chi connectivity index (χ4n) is 3.95. The molecule has 0 aliphatic heterocycles. The van der Waals surface area contributed by atoms with Gasteiger partial charge in [-0.2, -0.15) is 17.2 Å². The molecule has 1 radical (unpaired) electrons. The van der Waals surface area contributed by atoms with Crippen LogP contribution in [0.2, 0.25) is 0 Å². The van der Waals surface area contributed by atoms with Crippen LogP contribution in [0, 0.1) is 23.8 Å². The first-order valence-electron chi connectivity index (χ1n) is 14.2. The van der Waals surface area contributed by atoms with Crippen LogP contribution in [0.5, 0.6) is 11.6 Å². The van der Waals surface area contributed by atoms with Crippen molar-refractivity contribution in [1.29, 1.82) is 0 Å². The molecule has 3 aromatic carbocycles. The van der Waals surface area contributed by atoms with Gasteiger partial charge in [-0.1, -0.05) is 86.6 Å². The van der Waals surface area contributed by atoms with E-state index in [1.807, 2.05) is 66.8 Å². The number of ketones is 1. The number of hydrogen-bond acceptors (Lipinski definition) is 4. The van der Waals surface area contributed by atoms with Crippen molar-refractivity contribution in [3.05, 3.63) is 89.8 Å². The summed E-state index contributed by atoms with van der Waals surface area (Å²) in [5, 5.41) is 14.5. The van der Waals surface area contributed by atoms with E-state index in [4.69, 9.17) is 4.74 Å². The molecule has 1 heterocycles. The second-order valence-corrected chi connectivity index (χ2v) is 12.2. The number of rotatable bonds is 8. The Labute approximate surface area is 259 Å². The zero-order valence-corrected chi connectivity index (χ0v) is 28.3. The average molecular weight is 731 g/mol. The van der Waals surface area contributed by atoms with Crippen molar-refractivity contribution < 1.29 is 34.7 Å². The first-order chi connectivity index (χ1) is 18.8. The van der Waals surface area contributed by atoms with Gasteiger partial charge in [0.2, 0.25) is 5.88 Å². The standard InChI is InChI=1S/C23H20NO.C13H24O2.Ir/c1-15(2)19-8-16(3)9-22(12-19)25-23-13-20-10-17-6-4-5-7-18(17)11-21(20)14-24-23;1-7-12(3,4)10(14)9-11(15)13(5,6)8-2;/h4-8,10-15H,1-3H3;9,14H,7-8H2,1-6H3;/q-1;;/b;10-9-;. The Morgan fingerprint density at radius 1 is 0.927 bits per heavy atom. The summed E-state index contributed by atoms with van der Waals surface area (Å²) in [6.07, 6.45) is 4.86. The Hall–Kier alpha value is -3.01. The Morgan fingerprint density at radius 3 is 2.07 bits per heavy atom. The number of carbonyl (C=O) groups is 1. The van der Waals surface area contributed by atoms with Crippen molar-refractivity contribution in [3.63, 3.8) is 0 Å². The zero-order chi connectivity index (χ0) is 29.7. The summed E-state index contributed by atoms with van der Waals surface area (Å²) in [5.74, 6) is 1.96. The average Bonchev–Trinajstić information content (AvgIpc) is 2.91. The van der Waals surface area contributed by atoms with Gasteiger partial charge in [-0.25, -0.2) is 4.98 Å². The number of aliphatic hydroxyl groups excluding tert-OH is 1.